The predicted octanol–water partition coefficient (Wildman–Crippen LogP) is 6.74. The number of nitrogens with zero attached hydrogens (tertiary/aromatic N) is 1. The summed E-state index contributed by atoms with van der Waals surface area (Å²) in [5.41, 5.74) is 3.79. The van der Waals surface area contributed by atoms with E-state index in [4.69, 9.17) is 23.2 Å². The number of hydrogen-bond donors (Lipinski definition) is 0. The van der Waals surface area contributed by atoms with Crippen LogP contribution in [0.15, 0.2) is 42.5 Å². The largest absolute Gasteiger partial charge is 0.333 e. The van der Waals surface area contributed by atoms with E-state index in [0.717, 1.165) is 5.69 Å². The van der Waals surface area contributed by atoms with Gasteiger partial charge in [0.15, 0.2) is 0 Å². The van der Waals surface area contributed by atoms with Gasteiger partial charge in [0.2, 0.25) is 0 Å². The number of halogens is 2. The van der Waals surface area contributed by atoms with Crippen LogP contribution in [0, 0.1) is 0 Å². The van der Waals surface area contributed by atoms with Crippen LogP contribution in [0.5, 0.6) is 0 Å². The minimum atomic E-state index is 0.0310. The Morgan fingerprint density at radius 1 is 0.913 bits per heavy atom. The van der Waals surface area contributed by atoms with Crippen molar-refractivity contribution in [1.82, 2.24) is 0 Å². The number of hydrogen-bond acceptors (Lipinski definition) is 1. The molecule has 0 N–H and O–H groups in total. The third-order valence-corrected chi connectivity index (χ3v) is 6.97. The zero-order valence-corrected chi connectivity index (χ0v) is 15.1. The maximum atomic E-state index is 6.70. The van der Waals surface area contributed by atoms with E-state index in [-0.39, 0.29) is 11.0 Å². The maximum Gasteiger partial charge on any atom is 0.0832 e. The van der Waals surface area contributed by atoms with Crippen molar-refractivity contribution in [1.29, 1.82) is 0 Å². The Labute approximate surface area is 148 Å². The first-order chi connectivity index (χ1) is 11.0. The van der Waals surface area contributed by atoms with E-state index < -0.39 is 0 Å². The van der Waals surface area contributed by atoms with Crippen molar-refractivity contribution in [3.63, 3.8) is 0 Å². The van der Waals surface area contributed by atoms with Crippen molar-refractivity contribution in [3.8, 4) is 0 Å². The van der Waals surface area contributed by atoms with Gasteiger partial charge < -0.3 is 4.90 Å². The van der Waals surface area contributed by atoms with E-state index in [2.05, 4.69) is 55.1 Å². The van der Waals surface area contributed by atoms with Crippen molar-refractivity contribution in [2.24, 2.45) is 0 Å². The lowest BCUT2D eigenvalue weighted by molar-refractivity contribution is 0.195. The lowest BCUT2D eigenvalue weighted by Gasteiger charge is -2.50. The highest BCUT2D eigenvalue weighted by molar-refractivity contribution is 6.44. The Kier molecular flexibility index (Phi) is 3.44. The Hall–Kier alpha value is -1.18. The van der Waals surface area contributed by atoms with Crippen molar-refractivity contribution in [2.75, 3.05) is 4.90 Å². The molecule has 4 rings (SSSR count). The highest BCUT2D eigenvalue weighted by Gasteiger charge is 2.58. The van der Waals surface area contributed by atoms with Crippen molar-refractivity contribution < 1.29 is 0 Å². The molecule has 2 aromatic rings. The lowest BCUT2D eigenvalue weighted by Crippen LogP contribution is -2.54. The first-order valence-electron chi connectivity index (χ1n) is 8.33. The fourth-order valence-electron chi connectivity index (χ4n) is 4.72. The molecule has 1 aliphatic carbocycles. The monoisotopic (exact) mass is 345 g/mol. The Balaban J connectivity index is 2.04. The number of fused-ring (bicyclic) bond motifs is 3. The van der Waals surface area contributed by atoms with Crippen LogP contribution in [0.3, 0.4) is 0 Å². The Bertz CT molecular complexity index is 758. The quantitative estimate of drug-likeness (QED) is 0.553. The molecule has 120 valence electrons. The van der Waals surface area contributed by atoms with Crippen molar-refractivity contribution in [3.05, 3.63) is 58.1 Å². The molecule has 1 nitrogen and oxygen atoms in total. The standard InChI is InChI=1S/C20H21Cl2N/c1-19-12-6-7-13-20(19,2)23(14-8-4-3-5-9-14)18-15(19)10-11-16(21)17(18)22/h3-5,8-11H,6-7,12-13H2,1-2H3. The third kappa shape index (κ3) is 1.93. The summed E-state index contributed by atoms with van der Waals surface area (Å²) >= 11 is 13.1. The molecule has 2 aromatic carbocycles. The van der Waals surface area contributed by atoms with Gasteiger partial charge in [-0.2, -0.15) is 0 Å². The van der Waals surface area contributed by atoms with E-state index in [9.17, 15) is 0 Å². The van der Waals surface area contributed by atoms with Gasteiger partial charge >= 0.3 is 0 Å². The van der Waals surface area contributed by atoms with Crippen LogP contribution in [-0.2, 0) is 5.41 Å². The molecule has 1 fully saturated rings. The Morgan fingerprint density at radius 2 is 1.61 bits per heavy atom. The third-order valence-electron chi connectivity index (χ3n) is 6.17. The summed E-state index contributed by atoms with van der Waals surface area (Å²) in [7, 11) is 0. The number of rotatable bonds is 1. The molecule has 1 heterocycles. The van der Waals surface area contributed by atoms with Gasteiger partial charge in [0.25, 0.3) is 0 Å². The van der Waals surface area contributed by atoms with Crippen LogP contribution in [0.4, 0.5) is 11.4 Å². The van der Waals surface area contributed by atoms with Crippen molar-refractivity contribution >= 4 is 34.6 Å². The van der Waals surface area contributed by atoms with Gasteiger partial charge in [0.05, 0.1) is 21.3 Å². The lowest BCUT2D eigenvalue weighted by atomic mass is 9.61. The van der Waals surface area contributed by atoms with Crippen LogP contribution in [-0.4, -0.2) is 5.54 Å². The second-order valence-electron chi connectivity index (χ2n) is 7.24. The smallest absolute Gasteiger partial charge is 0.0832 e. The molecular formula is C20H21Cl2N. The Morgan fingerprint density at radius 3 is 2.35 bits per heavy atom. The van der Waals surface area contributed by atoms with Gasteiger partial charge in [-0.1, -0.05) is 67.2 Å². The first-order valence-corrected chi connectivity index (χ1v) is 9.08. The molecular weight excluding hydrogens is 325 g/mol. The summed E-state index contributed by atoms with van der Waals surface area (Å²) in [6.07, 6.45) is 4.89. The zero-order valence-electron chi connectivity index (χ0n) is 13.6. The van der Waals surface area contributed by atoms with Gasteiger partial charge in [-0.25, -0.2) is 0 Å². The van der Waals surface area contributed by atoms with Gasteiger partial charge in [0, 0.05) is 11.1 Å². The van der Waals surface area contributed by atoms with E-state index in [1.165, 1.54) is 36.9 Å². The first kappa shape index (κ1) is 15.4. The molecule has 3 heteroatoms. The van der Waals surface area contributed by atoms with Crippen LogP contribution in [0.25, 0.3) is 0 Å². The summed E-state index contributed by atoms with van der Waals surface area (Å²) < 4.78 is 0. The molecule has 1 aliphatic heterocycles. The van der Waals surface area contributed by atoms with Crippen LogP contribution < -0.4 is 4.90 Å². The molecule has 2 aliphatic rings. The average Bonchev–Trinajstić information content (AvgIpc) is 2.77. The fraction of sp³-hybridized carbons (Fsp3) is 0.400. The van der Waals surface area contributed by atoms with Crippen LogP contribution >= 0.6 is 23.2 Å². The summed E-state index contributed by atoms with van der Waals surface area (Å²) in [6, 6.07) is 14.7. The SMILES string of the molecule is CC12CCCCC1(C)N(c1ccccc1)c1c2ccc(Cl)c1Cl. The molecule has 0 bridgehead atoms. The summed E-state index contributed by atoms with van der Waals surface area (Å²) in [5.74, 6) is 0. The second-order valence-corrected chi connectivity index (χ2v) is 8.03. The van der Waals surface area contributed by atoms with Crippen molar-refractivity contribution in [2.45, 2.75) is 50.5 Å². The molecule has 0 amide bonds. The highest BCUT2D eigenvalue weighted by atomic mass is 35.5. The molecule has 23 heavy (non-hydrogen) atoms. The molecule has 0 aromatic heterocycles. The minimum absolute atomic E-state index is 0.0310. The number of anilines is 2. The zero-order chi connectivity index (χ0) is 16.2. The van der Waals surface area contributed by atoms with E-state index in [0.29, 0.717) is 10.0 Å². The normalized spacial score (nSPS) is 29.3. The minimum Gasteiger partial charge on any atom is -0.333 e. The molecule has 0 saturated heterocycles. The molecule has 2 unspecified atom stereocenters. The van der Waals surface area contributed by atoms with Gasteiger partial charge in [0.1, 0.15) is 0 Å². The molecule has 0 radical (unpaired) electrons. The second kappa shape index (κ2) is 5.16. The average molecular weight is 346 g/mol. The van der Waals surface area contributed by atoms with E-state index in [1.54, 1.807) is 0 Å². The summed E-state index contributed by atoms with van der Waals surface area (Å²) in [5, 5.41) is 1.32. The predicted molar refractivity (Wildman–Crippen MR) is 99.3 cm³/mol. The van der Waals surface area contributed by atoms with E-state index >= 15 is 0 Å². The number of para-hydroxylation sites is 1. The van der Waals surface area contributed by atoms with Crippen LogP contribution in [0.2, 0.25) is 10.0 Å². The van der Waals surface area contributed by atoms with Gasteiger partial charge in [-0.15, -0.1) is 0 Å². The summed E-state index contributed by atoms with van der Waals surface area (Å²) in [6.45, 7) is 4.79. The number of benzene rings is 2. The molecule has 1 saturated carbocycles. The van der Waals surface area contributed by atoms with Crippen LogP contribution in [0.1, 0.15) is 45.1 Å². The summed E-state index contributed by atoms with van der Waals surface area (Å²) in [4.78, 5) is 2.45. The maximum absolute atomic E-state index is 6.70. The fourth-order valence-corrected chi connectivity index (χ4v) is 5.12. The van der Waals surface area contributed by atoms with Gasteiger partial charge in [-0.3, -0.25) is 0 Å². The molecule has 0 spiro atoms. The van der Waals surface area contributed by atoms with Gasteiger partial charge in [-0.05, 0) is 43.5 Å². The van der Waals surface area contributed by atoms with E-state index in [1.807, 2.05) is 6.07 Å². The molecule has 2 atom stereocenters. The topological polar surface area (TPSA) is 3.24 Å². The highest BCUT2D eigenvalue weighted by Crippen LogP contribution is 2.62.